The molecule has 0 aliphatic carbocycles. The minimum absolute atomic E-state index is 0.0388. The van der Waals surface area contributed by atoms with E-state index in [9.17, 15) is 9.00 Å². The lowest BCUT2D eigenvalue weighted by atomic mass is 10.0. The van der Waals surface area contributed by atoms with Crippen molar-refractivity contribution in [1.82, 2.24) is 4.72 Å². The van der Waals surface area contributed by atoms with Crippen LogP contribution in [-0.4, -0.2) is 38.4 Å². The van der Waals surface area contributed by atoms with Crippen LogP contribution in [0.25, 0.3) is 0 Å². The van der Waals surface area contributed by atoms with Gasteiger partial charge in [-0.3, -0.25) is 8.98 Å². The van der Waals surface area contributed by atoms with Crippen LogP contribution in [0.3, 0.4) is 0 Å². The summed E-state index contributed by atoms with van der Waals surface area (Å²) < 4.78 is 19.3. The maximum atomic E-state index is 11.1. The number of aliphatic carboxylic acids is 1. The quantitative estimate of drug-likeness (QED) is 0.782. The molecule has 2 rings (SSSR count). The molecular formula is C9H15NO4S2. The Morgan fingerprint density at radius 3 is 3.19 bits per heavy atom. The van der Waals surface area contributed by atoms with Crippen LogP contribution in [-0.2, 0) is 20.2 Å². The van der Waals surface area contributed by atoms with Gasteiger partial charge in [-0.05, 0) is 19.3 Å². The second-order valence-electron chi connectivity index (χ2n) is 4.07. The molecular weight excluding hydrogens is 250 g/mol. The van der Waals surface area contributed by atoms with Crippen molar-refractivity contribution in [3.05, 3.63) is 0 Å². The zero-order valence-electron chi connectivity index (χ0n) is 8.76. The Morgan fingerprint density at radius 1 is 1.62 bits per heavy atom. The second-order valence-corrected chi connectivity index (χ2v) is 6.30. The molecule has 16 heavy (non-hydrogen) atoms. The van der Waals surface area contributed by atoms with Gasteiger partial charge in [-0.1, -0.05) is 0 Å². The number of rotatable bonds is 4. The van der Waals surface area contributed by atoms with Crippen LogP contribution in [0.15, 0.2) is 0 Å². The molecule has 0 saturated carbocycles. The summed E-state index contributed by atoms with van der Waals surface area (Å²) in [4.78, 5) is 10.4. The molecule has 0 bridgehead atoms. The Labute approximate surface area is 101 Å². The van der Waals surface area contributed by atoms with E-state index in [-0.39, 0.29) is 18.6 Å². The Morgan fingerprint density at radius 2 is 2.44 bits per heavy atom. The first-order chi connectivity index (χ1) is 7.65. The Balaban J connectivity index is 1.73. The number of nitrogens with one attached hydrogen (secondary N) is 1. The maximum Gasteiger partial charge on any atom is 0.303 e. The highest BCUT2D eigenvalue weighted by molar-refractivity contribution is 8.00. The average molecular weight is 265 g/mol. The minimum atomic E-state index is -1.33. The van der Waals surface area contributed by atoms with Gasteiger partial charge < -0.3 is 5.11 Å². The lowest BCUT2D eigenvalue weighted by Crippen LogP contribution is -2.39. The summed E-state index contributed by atoms with van der Waals surface area (Å²) in [6.07, 6.45) is 2.75. The van der Waals surface area contributed by atoms with Crippen molar-refractivity contribution < 1.29 is 18.3 Å². The fourth-order valence-corrected chi connectivity index (χ4v) is 4.52. The first kappa shape index (κ1) is 12.3. The van der Waals surface area contributed by atoms with E-state index in [0.717, 1.165) is 18.6 Å². The Bertz CT molecular complexity index is 299. The van der Waals surface area contributed by atoms with Gasteiger partial charge in [0, 0.05) is 17.4 Å². The normalized spacial score (nSPS) is 38.2. The summed E-state index contributed by atoms with van der Waals surface area (Å²) in [6.45, 7) is 0. The zero-order chi connectivity index (χ0) is 11.5. The van der Waals surface area contributed by atoms with Crippen molar-refractivity contribution in [3.8, 4) is 0 Å². The molecule has 2 aliphatic heterocycles. The third-order valence-corrected chi connectivity index (χ3v) is 5.20. The molecule has 2 N–H and O–H groups in total. The lowest BCUT2D eigenvalue weighted by Gasteiger charge is -2.28. The zero-order valence-corrected chi connectivity index (χ0v) is 10.4. The molecule has 4 atom stereocenters. The fourth-order valence-electron chi connectivity index (χ4n) is 2.00. The highest BCUT2D eigenvalue weighted by Gasteiger charge is 2.38. The van der Waals surface area contributed by atoms with Gasteiger partial charge in [0.25, 0.3) is 0 Å². The first-order valence-corrected chi connectivity index (χ1v) is 7.46. The van der Waals surface area contributed by atoms with E-state index in [1.54, 1.807) is 0 Å². The van der Waals surface area contributed by atoms with Crippen molar-refractivity contribution >= 4 is 29.0 Å². The Hall–Kier alpha value is -0.110. The predicted molar refractivity (Wildman–Crippen MR) is 62.3 cm³/mol. The van der Waals surface area contributed by atoms with Crippen LogP contribution in [0.5, 0.6) is 0 Å². The van der Waals surface area contributed by atoms with E-state index in [0.29, 0.717) is 11.7 Å². The van der Waals surface area contributed by atoms with Gasteiger partial charge in [0.2, 0.25) is 11.3 Å². The van der Waals surface area contributed by atoms with Crippen LogP contribution < -0.4 is 4.72 Å². The van der Waals surface area contributed by atoms with Crippen LogP contribution in [0.2, 0.25) is 0 Å². The van der Waals surface area contributed by atoms with Crippen LogP contribution in [0.1, 0.15) is 25.7 Å². The Kier molecular flexibility index (Phi) is 4.23. The maximum absolute atomic E-state index is 11.1. The predicted octanol–water partition coefficient (Wildman–Crippen LogP) is 0.683. The third-order valence-electron chi connectivity index (χ3n) is 2.83. The number of carbonyl (C=O) groups is 1. The SMILES string of the molecule is O=C(O)CCC[C@H]1C[C@H]2OS(=O)N[C@H]2CS1. The van der Waals surface area contributed by atoms with E-state index in [4.69, 9.17) is 9.29 Å². The van der Waals surface area contributed by atoms with Crippen LogP contribution in [0.4, 0.5) is 0 Å². The summed E-state index contributed by atoms with van der Waals surface area (Å²) in [5, 5.41) is 8.99. The largest absolute Gasteiger partial charge is 0.481 e. The molecule has 0 aromatic heterocycles. The van der Waals surface area contributed by atoms with Gasteiger partial charge in [-0.15, -0.1) is 0 Å². The summed E-state index contributed by atoms with van der Waals surface area (Å²) in [6, 6.07) is 0.196. The molecule has 0 radical (unpaired) electrons. The van der Waals surface area contributed by atoms with Gasteiger partial charge >= 0.3 is 5.97 Å². The van der Waals surface area contributed by atoms with Gasteiger partial charge in [0.05, 0.1) is 12.1 Å². The minimum Gasteiger partial charge on any atom is -0.481 e. The topological polar surface area (TPSA) is 75.6 Å². The van der Waals surface area contributed by atoms with E-state index >= 15 is 0 Å². The van der Waals surface area contributed by atoms with E-state index in [1.165, 1.54) is 0 Å². The van der Waals surface area contributed by atoms with Crippen molar-refractivity contribution in [2.24, 2.45) is 0 Å². The van der Waals surface area contributed by atoms with Crippen LogP contribution >= 0.6 is 11.8 Å². The number of carboxylic acid groups (broad SMARTS) is 1. The molecule has 92 valence electrons. The standard InChI is InChI=1S/C9H15NO4S2/c11-9(12)3-1-2-6-4-8-7(5-15-6)10-16(13)14-8/h6-8,10H,1-5H2,(H,11,12)/t6-,7-,8+,16?/m0/s1. The molecule has 0 aromatic rings. The number of carboxylic acids is 1. The van der Waals surface area contributed by atoms with Crippen molar-refractivity contribution in [3.63, 3.8) is 0 Å². The fraction of sp³-hybridized carbons (Fsp3) is 0.889. The molecule has 2 aliphatic rings. The summed E-state index contributed by atoms with van der Waals surface area (Å²) in [7, 11) is 0. The molecule has 1 unspecified atom stereocenters. The van der Waals surface area contributed by atoms with E-state index < -0.39 is 17.2 Å². The molecule has 7 heteroatoms. The summed E-state index contributed by atoms with van der Waals surface area (Å²) in [5.74, 6) is 0.160. The third kappa shape index (κ3) is 3.19. The first-order valence-electron chi connectivity index (χ1n) is 5.33. The summed E-state index contributed by atoms with van der Waals surface area (Å²) in [5.41, 5.74) is 0. The average Bonchev–Trinajstić information content (AvgIpc) is 2.56. The molecule has 2 heterocycles. The van der Waals surface area contributed by atoms with Gasteiger partial charge in [-0.2, -0.15) is 11.8 Å². The number of hydrogen-bond donors (Lipinski definition) is 2. The molecule has 2 saturated heterocycles. The highest BCUT2D eigenvalue weighted by atomic mass is 32.2. The van der Waals surface area contributed by atoms with Crippen molar-refractivity contribution in [2.75, 3.05) is 5.75 Å². The van der Waals surface area contributed by atoms with Crippen molar-refractivity contribution in [1.29, 1.82) is 0 Å². The number of hydrogen-bond acceptors (Lipinski definition) is 4. The molecule has 0 spiro atoms. The number of fused-ring (bicyclic) bond motifs is 1. The van der Waals surface area contributed by atoms with Gasteiger partial charge in [0.1, 0.15) is 0 Å². The van der Waals surface area contributed by atoms with Gasteiger partial charge in [0.15, 0.2) is 0 Å². The molecule has 5 nitrogen and oxygen atoms in total. The smallest absolute Gasteiger partial charge is 0.303 e. The molecule has 0 aromatic carbocycles. The van der Waals surface area contributed by atoms with Crippen molar-refractivity contribution in [2.45, 2.75) is 43.1 Å². The van der Waals surface area contributed by atoms with E-state index in [1.807, 2.05) is 11.8 Å². The van der Waals surface area contributed by atoms with E-state index in [2.05, 4.69) is 4.72 Å². The monoisotopic (exact) mass is 265 g/mol. The summed E-state index contributed by atoms with van der Waals surface area (Å²) >= 11 is 0.495. The van der Waals surface area contributed by atoms with Crippen LogP contribution in [0, 0.1) is 0 Å². The second kappa shape index (κ2) is 5.48. The lowest BCUT2D eigenvalue weighted by molar-refractivity contribution is -0.137. The van der Waals surface area contributed by atoms with Gasteiger partial charge in [-0.25, -0.2) is 8.93 Å². The highest BCUT2D eigenvalue weighted by Crippen LogP contribution is 2.33. The number of thioether (sulfide) groups is 1. The molecule has 2 fully saturated rings. The molecule has 0 amide bonds.